The molecule has 0 unspecified atom stereocenters. The van der Waals surface area contributed by atoms with E-state index in [-0.39, 0.29) is 17.4 Å². The van der Waals surface area contributed by atoms with E-state index in [1.54, 1.807) is 18.2 Å². The summed E-state index contributed by atoms with van der Waals surface area (Å²) in [5.74, 6) is -1.16. The van der Waals surface area contributed by atoms with E-state index in [0.717, 1.165) is 14.9 Å². The number of alkyl halides is 1. The topological polar surface area (TPSA) is 86.7 Å². The molecule has 2 heterocycles. The molecule has 0 spiro atoms. The molecule has 2 aromatic rings. The Morgan fingerprint density at radius 2 is 1.94 bits per heavy atom. The lowest BCUT2D eigenvalue weighted by Crippen LogP contribution is -2.70. The second kappa shape index (κ2) is 11.6. The molecule has 0 radical (unpaired) electrons. The highest BCUT2D eigenvalue weighted by molar-refractivity contribution is 9.10. The number of thioether (sulfide) groups is 3. The number of carbonyl (C=O) groups is 3. The minimum Gasteiger partial charge on any atom is -0.477 e. The number of hydrogen-bond acceptors (Lipinski definition) is 6. The van der Waals surface area contributed by atoms with Gasteiger partial charge in [-0.3, -0.25) is 14.5 Å². The highest BCUT2D eigenvalue weighted by Gasteiger charge is 2.54. The summed E-state index contributed by atoms with van der Waals surface area (Å²) in [7, 11) is 0. The summed E-state index contributed by atoms with van der Waals surface area (Å²) in [6.07, 6.45) is 0. The van der Waals surface area contributed by atoms with Crippen LogP contribution in [0.1, 0.15) is 5.56 Å². The van der Waals surface area contributed by atoms with Crippen LogP contribution in [0.5, 0.6) is 0 Å². The Labute approximate surface area is 237 Å². The maximum absolute atomic E-state index is 12.9. The number of nitrogens with one attached hydrogen (secondary N) is 1. The van der Waals surface area contributed by atoms with Gasteiger partial charge in [-0.1, -0.05) is 41.0 Å². The number of amides is 2. The average molecular weight is 655 g/mol. The Bertz CT molecular complexity index is 1250. The van der Waals surface area contributed by atoms with Gasteiger partial charge < -0.3 is 10.4 Å². The van der Waals surface area contributed by atoms with Gasteiger partial charge in [-0.05, 0) is 51.8 Å². The van der Waals surface area contributed by atoms with Gasteiger partial charge >= 0.3 is 5.97 Å². The number of aliphatic carboxylic acids is 1. The molecule has 2 aliphatic heterocycles. The molecular formula is C22H16BrCl3N2O4S3. The van der Waals surface area contributed by atoms with Gasteiger partial charge in [0.1, 0.15) is 17.1 Å². The molecule has 0 bridgehead atoms. The molecule has 2 aromatic carbocycles. The summed E-state index contributed by atoms with van der Waals surface area (Å²) in [5.41, 5.74) is 0.881. The minimum atomic E-state index is -1.18. The molecule has 6 nitrogen and oxygen atoms in total. The first-order valence-electron chi connectivity index (χ1n) is 10.00. The first-order chi connectivity index (χ1) is 16.7. The number of rotatable bonds is 8. The minimum absolute atomic E-state index is 0.0510. The number of nitrogens with zero attached hydrogens (tertiary/aromatic N) is 1. The number of carboxylic acid groups (broad SMARTS) is 1. The van der Waals surface area contributed by atoms with E-state index in [0.29, 0.717) is 31.5 Å². The predicted molar refractivity (Wildman–Crippen MR) is 146 cm³/mol. The van der Waals surface area contributed by atoms with Gasteiger partial charge in [-0.25, -0.2) is 4.79 Å². The summed E-state index contributed by atoms with van der Waals surface area (Å²) < 4.78 is 0.795. The van der Waals surface area contributed by atoms with Gasteiger partial charge in [-0.15, -0.1) is 35.1 Å². The van der Waals surface area contributed by atoms with Crippen LogP contribution in [0.3, 0.4) is 0 Å². The SMILES string of the molecule is O=C(CSc1ccc(Cl)cc1Cl)N[C@@H]1C(=O)N2C(C(=O)O)=C(Sc3ccc(CCl)cc3Br)CS[C@H]12. The van der Waals surface area contributed by atoms with Gasteiger partial charge in [0, 0.05) is 35.8 Å². The zero-order chi connectivity index (χ0) is 25.3. The van der Waals surface area contributed by atoms with Crippen LogP contribution in [0.2, 0.25) is 10.0 Å². The smallest absolute Gasteiger partial charge is 0.353 e. The van der Waals surface area contributed by atoms with Gasteiger partial charge in [-0.2, -0.15) is 0 Å². The molecule has 2 N–H and O–H groups in total. The number of carbonyl (C=O) groups excluding carboxylic acids is 2. The molecular weight excluding hydrogens is 639 g/mol. The lowest BCUT2D eigenvalue weighted by molar-refractivity contribution is -0.150. The fourth-order valence-electron chi connectivity index (χ4n) is 3.46. The molecule has 184 valence electrons. The Balaban J connectivity index is 1.43. The normalized spacial score (nSPS) is 19.3. The quantitative estimate of drug-likeness (QED) is 0.203. The summed E-state index contributed by atoms with van der Waals surface area (Å²) >= 11 is 25.3. The molecule has 1 fully saturated rings. The number of halogens is 4. The van der Waals surface area contributed by atoms with Crippen molar-refractivity contribution >= 4 is 104 Å². The van der Waals surface area contributed by atoms with E-state index in [1.807, 2.05) is 18.2 Å². The van der Waals surface area contributed by atoms with Crippen molar-refractivity contribution < 1.29 is 19.5 Å². The first kappa shape index (κ1) is 27.0. The highest BCUT2D eigenvalue weighted by atomic mass is 79.9. The third-order valence-corrected chi connectivity index (χ3v) is 10.7. The van der Waals surface area contributed by atoms with Crippen molar-refractivity contribution in [1.29, 1.82) is 0 Å². The van der Waals surface area contributed by atoms with Gasteiger partial charge in [0.15, 0.2) is 0 Å². The molecule has 4 rings (SSSR count). The number of fused-ring (bicyclic) bond motifs is 1. The molecule has 2 aliphatic rings. The molecule has 1 saturated heterocycles. The summed E-state index contributed by atoms with van der Waals surface area (Å²) in [6.45, 7) is 0. The zero-order valence-corrected chi connectivity index (χ0v) is 23.9. The fraction of sp³-hybridized carbons (Fsp3) is 0.227. The number of carboxylic acids is 1. The molecule has 2 atom stereocenters. The van der Waals surface area contributed by atoms with Crippen LogP contribution in [0.4, 0.5) is 0 Å². The maximum atomic E-state index is 12.9. The summed E-state index contributed by atoms with van der Waals surface area (Å²) in [5, 5.41) is 13.1. The average Bonchev–Trinajstić information content (AvgIpc) is 2.82. The number of benzene rings is 2. The zero-order valence-electron chi connectivity index (χ0n) is 17.6. The number of hydrogen-bond donors (Lipinski definition) is 2. The third-order valence-electron chi connectivity index (χ3n) is 5.09. The first-order valence-corrected chi connectivity index (χ1v) is 14.9. The third kappa shape index (κ3) is 5.95. The van der Waals surface area contributed by atoms with Crippen LogP contribution in [-0.2, 0) is 20.3 Å². The van der Waals surface area contributed by atoms with Crippen LogP contribution >= 0.6 is 86.0 Å². The summed E-state index contributed by atoms with van der Waals surface area (Å²) in [4.78, 5) is 40.8. The highest BCUT2D eigenvalue weighted by Crippen LogP contribution is 2.46. The van der Waals surface area contributed by atoms with Crippen molar-refractivity contribution in [3.8, 4) is 0 Å². The van der Waals surface area contributed by atoms with E-state index < -0.39 is 23.3 Å². The van der Waals surface area contributed by atoms with Crippen LogP contribution in [0, 0.1) is 0 Å². The van der Waals surface area contributed by atoms with Crippen molar-refractivity contribution in [2.24, 2.45) is 0 Å². The van der Waals surface area contributed by atoms with E-state index in [4.69, 9.17) is 34.8 Å². The monoisotopic (exact) mass is 652 g/mol. The lowest BCUT2D eigenvalue weighted by Gasteiger charge is -2.49. The van der Waals surface area contributed by atoms with E-state index >= 15 is 0 Å². The summed E-state index contributed by atoms with van der Waals surface area (Å²) in [6, 6.07) is 9.82. The van der Waals surface area contributed by atoms with Gasteiger partial charge in [0.05, 0.1) is 10.8 Å². The Morgan fingerprint density at radius 1 is 1.20 bits per heavy atom. The van der Waals surface area contributed by atoms with E-state index in [2.05, 4.69) is 21.2 Å². The Morgan fingerprint density at radius 3 is 2.60 bits per heavy atom. The van der Waals surface area contributed by atoms with Crippen LogP contribution in [0.15, 0.2) is 61.3 Å². The Kier molecular flexibility index (Phi) is 8.95. The molecule has 0 aliphatic carbocycles. The molecule has 13 heteroatoms. The van der Waals surface area contributed by atoms with Crippen LogP contribution in [-0.4, -0.2) is 50.7 Å². The van der Waals surface area contributed by atoms with E-state index in [1.165, 1.54) is 40.2 Å². The second-order valence-electron chi connectivity index (χ2n) is 7.40. The van der Waals surface area contributed by atoms with Gasteiger partial charge in [0.2, 0.25) is 5.91 Å². The predicted octanol–water partition coefficient (Wildman–Crippen LogP) is 6.08. The fourth-order valence-corrected chi connectivity index (χ4v) is 8.08. The van der Waals surface area contributed by atoms with Crippen molar-refractivity contribution in [1.82, 2.24) is 10.2 Å². The van der Waals surface area contributed by atoms with Gasteiger partial charge in [0.25, 0.3) is 5.91 Å². The number of β-lactam (4-membered cyclic amide) rings is 1. The molecule has 0 aromatic heterocycles. The standard InChI is InChI=1S/C22H16BrCl3N2O4S3/c23-12-5-10(7-24)1-3-14(12)35-16-8-34-21-18(20(30)28(21)19(16)22(31)32)27-17(29)9-33-15-4-2-11(25)6-13(15)26/h1-6,18,21H,7-9H2,(H,27,29)(H,31,32)/t18-,21-/m1/s1. The van der Waals surface area contributed by atoms with Crippen molar-refractivity contribution in [2.75, 3.05) is 11.5 Å². The largest absolute Gasteiger partial charge is 0.477 e. The Hall–Kier alpha value is -1.01. The van der Waals surface area contributed by atoms with Crippen molar-refractivity contribution in [2.45, 2.75) is 27.1 Å². The maximum Gasteiger partial charge on any atom is 0.353 e. The molecule has 35 heavy (non-hydrogen) atoms. The van der Waals surface area contributed by atoms with Crippen molar-refractivity contribution in [3.05, 3.63) is 67.1 Å². The van der Waals surface area contributed by atoms with Crippen molar-refractivity contribution in [3.63, 3.8) is 0 Å². The van der Waals surface area contributed by atoms with Crippen LogP contribution < -0.4 is 5.32 Å². The molecule has 2 amide bonds. The van der Waals surface area contributed by atoms with E-state index in [9.17, 15) is 19.5 Å². The second-order valence-corrected chi connectivity index (χ2v) is 12.6. The lowest BCUT2D eigenvalue weighted by atomic mass is 10.1. The van der Waals surface area contributed by atoms with Crippen LogP contribution in [0.25, 0.3) is 0 Å². The molecule has 0 saturated carbocycles.